The molecule has 0 spiro atoms. The van der Waals surface area contributed by atoms with E-state index in [4.69, 9.17) is 10.8 Å². The van der Waals surface area contributed by atoms with Gasteiger partial charge in [0.15, 0.2) is 0 Å². The third-order valence-electron chi connectivity index (χ3n) is 2.25. The van der Waals surface area contributed by atoms with Crippen molar-refractivity contribution in [3.63, 3.8) is 0 Å². The summed E-state index contributed by atoms with van der Waals surface area (Å²) in [5.74, 6) is -2.38. The molecule has 0 aliphatic heterocycles. The van der Waals surface area contributed by atoms with Gasteiger partial charge in [-0.15, -0.1) is 0 Å². The van der Waals surface area contributed by atoms with Crippen LogP contribution in [-0.2, 0) is 19.6 Å². The van der Waals surface area contributed by atoms with Gasteiger partial charge in [-0.2, -0.15) is 4.72 Å². The first-order valence-electron chi connectivity index (χ1n) is 5.57. The fraction of sp³-hybridized carbons (Fsp3) is 0.167. The number of hydrogen-bond acceptors (Lipinski definition) is 4. The number of benzene rings is 1. The number of carbonyl (C=O) groups excluding carboxylic acids is 1. The second-order valence-electron chi connectivity index (χ2n) is 3.94. The number of carboxylic acid groups (broad SMARTS) is 1. The molecule has 0 fully saturated rings. The first-order chi connectivity index (χ1) is 9.30. The summed E-state index contributed by atoms with van der Waals surface area (Å²) in [5.41, 5.74) is 5.50. The van der Waals surface area contributed by atoms with Gasteiger partial charge in [0.2, 0.25) is 15.9 Å². The number of aliphatic carboxylic acids is 1. The molecule has 0 bridgehead atoms. The van der Waals surface area contributed by atoms with Crippen molar-refractivity contribution in [2.45, 2.75) is 12.5 Å². The molecule has 1 aromatic carbocycles. The molecular weight excluding hydrogens is 284 g/mol. The predicted molar refractivity (Wildman–Crippen MR) is 72.8 cm³/mol. The van der Waals surface area contributed by atoms with E-state index in [1.807, 2.05) is 4.72 Å². The van der Waals surface area contributed by atoms with Crippen LogP contribution in [0, 0.1) is 0 Å². The second-order valence-corrected chi connectivity index (χ2v) is 5.54. The molecular formula is C12H14N2O5S. The highest BCUT2D eigenvalue weighted by atomic mass is 32.2. The van der Waals surface area contributed by atoms with Gasteiger partial charge in [0.25, 0.3) is 0 Å². The van der Waals surface area contributed by atoms with Gasteiger partial charge in [0.05, 0.1) is 6.42 Å². The Hall–Kier alpha value is -2.19. The van der Waals surface area contributed by atoms with E-state index in [-0.39, 0.29) is 0 Å². The van der Waals surface area contributed by atoms with Gasteiger partial charge in [-0.1, -0.05) is 30.3 Å². The molecule has 1 amide bonds. The Bertz CT molecular complexity index is 610. The summed E-state index contributed by atoms with van der Waals surface area (Å²) >= 11 is 0. The fourth-order valence-corrected chi connectivity index (χ4v) is 2.35. The smallest absolute Gasteiger partial charge is 0.322 e. The molecule has 8 heteroatoms. The molecule has 0 saturated carbocycles. The van der Waals surface area contributed by atoms with Crippen molar-refractivity contribution in [1.29, 1.82) is 0 Å². The summed E-state index contributed by atoms with van der Waals surface area (Å²) in [4.78, 5) is 21.5. The Kier molecular flexibility index (Phi) is 5.42. The topological polar surface area (TPSA) is 127 Å². The molecule has 1 aromatic rings. The third kappa shape index (κ3) is 5.63. The summed E-state index contributed by atoms with van der Waals surface area (Å²) in [6.45, 7) is 0. The number of nitrogens with two attached hydrogens (primary N) is 1. The van der Waals surface area contributed by atoms with Crippen LogP contribution in [0.1, 0.15) is 12.0 Å². The zero-order chi connectivity index (χ0) is 15.2. The lowest BCUT2D eigenvalue weighted by molar-refractivity contribution is -0.140. The molecule has 4 N–H and O–H groups in total. The molecule has 108 valence electrons. The van der Waals surface area contributed by atoms with Crippen molar-refractivity contribution in [3.05, 3.63) is 41.3 Å². The van der Waals surface area contributed by atoms with Crippen molar-refractivity contribution in [1.82, 2.24) is 4.72 Å². The van der Waals surface area contributed by atoms with Crippen LogP contribution >= 0.6 is 0 Å². The maximum Gasteiger partial charge on any atom is 0.322 e. The number of nitrogens with one attached hydrogen (secondary N) is 1. The van der Waals surface area contributed by atoms with E-state index >= 15 is 0 Å². The lowest BCUT2D eigenvalue weighted by atomic mass is 10.2. The maximum atomic E-state index is 11.7. The molecule has 0 radical (unpaired) electrons. The fourth-order valence-electron chi connectivity index (χ4n) is 1.35. The van der Waals surface area contributed by atoms with Crippen molar-refractivity contribution in [2.75, 3.05) is 0 Å². The van der Waals surface area contributed by atoms with E-state index < -0.39 is 34.4 Å². The maximum absolute atomic E-state index is 11.7. The van der Waals surface area contributed by atoms with E-state index in [1.165, 1.54) is 6.08 Å². The van der Waals surface area contributed by atoms with E-state index in [0.29, 0.717) is 5.56 Å². The molecule has 0 unspecified atom stereocenters. The Morgan fingerprint density at radius 3 is 2.40 bits per heavy atom. The highest BCUT2D eigenvalue weighted by molar-refractivity contribution is 7.92. The van der Waals surface area contributed by atoms with E-state index in [1.54, 1.807) is 30.3 Å². The SMILES string of the molecule is NC(=O)C[C@@H](NS(=O)(=O)/C=C/c1ccccc1)C(=O)O. The first-order valence-corrected chi connectivity index (χ1v) is 7.11. The van der Waals surface area contributed by atoms with E-state index in [9.17, 15) is 18.0 Å². The van der Waals surface area contributed by atoms with Gasteiger partial charge in [0.1, 0.15) is 6.04 Å². The molecule has 0 aliphatic rings. The number of carboxylic acids is 1. The predicted octanol–water partition coefficient (Wildman–Crippen LogP) is -0.0947. The van der Waals surface area contributed by atoms with Crippen LogP contribution in [0.2, 0.25) is 0 Å². The Labute approximate surface area is 116 Å². The van der Waals surface area contributed by atoms with Crippen LogP contribution in [0.15, 0.2) is 35.7 Å². The second kappa shape index (κ2) is 6.83. The number of carbonyl (C=O) groups is 2. The van der Waals surface area contributed by atoms with Crippen molar-refractivity contribution in [2.24, 2.45) is 5.73 Å². The minimum Gasteiger partial charge on any atom is -0.480 e. The average Bonchev–Trinajstić information content (AvgIpc) is 2.36. The third-order valence-corrected chi connectivity index (χ3v) is 3.36. The highest BCUT2D eigenvalue weighted by Crippen LogP contribution is 2.04. The lowest BCUT2D eigenvalue weighted by Crippen LogP contribution is -2.42. The van der Waals surface area contributed by atoms with Crippen LogP contribution in [0.3, 0.4) is 0 Å². The van der Waals surface area contributed by atoms with Crippen LogP contribution in [0.4, 0.5) is 0 Å². The Morgan fingerprint density at radius 2 is 1.90 bits per heavy atom. The van der Waals surface area contributed by atoms with E-state index in [2.05, 4.69) is 0 Å². The normalized spacial score (nSPS) is 13.2. The monoisotopic (exact) mass is 298 g/mol. The minimum atomic E-state index is -3.99. The van der Waals surface area contributed by atoms with Crippen LogP contribution in [0.5, 0.6) is 0 Å². The van der Waals surface area contributed by atoms with Gasteiger partial charge in [-0.3, -0.25) is 9.59 Å². The number of amides is 1. The number of hydrogen-bond donors (Lipinski definition) is 3. The summed E-state index contributed by atoms with van der Waals surface area (Å²) < 4.78 is 25.3. The van der Waals surface area contributed by atoms with Gasteiger partial charge in [-0.25, -0.2) is 8.42 Å². The Balaban J connectivity index is 2.80. The molecule has 0 aliphatic carbocycles. The van der Waals surface area contributed by atoms with Crippen molar-refractivity contribution < 1.29 is 23.1 Å². The standard InChI is InChI=1S/C12H14N2O5S/c13-11(15)8-10(12(16)17)14-20(18,19)7-6-9-4-2-1-3-5-9/h1-7,10,14H,8H2,(H2,13,15)(H,16,17)/b7-6+/t10-/m1/s1. The molecule has 1 atom stereocenters. The minimum absolute atomic E-state index is 0.617. The summed E-state index contributed by atoms with van der Waals surface area (Å²) in [6.07, 6.45) is 0.694. The molecule has 20 heavy (non-hydrogen) atoms. The lowest BCUT2D eigenvalue weighted by Gasteiger charge is -2.10. The van der Waals surface area contributed by atoms with Crippen LogP contribution in [-0.4, -0.2) is 31.4 Å². The first kappa shape index (κ1) is 15.9. The molecule has 7 nitrogen and oxygen atoms in total. The zero-order valence-electron chi connectivity index (χ0n) is 10.4. The molecule has 0 saturated heterocycles. The average molecular weight is 298 g/mol. The zero-order valence-corrected chi connectivity index (χ0v) is 11.2. The van der Waals surface area contributed by atoms with E-state index in [0.717, 1.165) is 5.41 Å². The molecule has 0 heterocycles. The quantitative estimate of drug-likeness (QED) is 0.648. The Morgan fingerprint density at radius 1 is 1.30 bits per heavy atom. The van der Waals surface area contributed by atoms with Gasteiger partial charge >= 0.3 is 5.97 Å². The number of sulfonamides is 1. The van der Waals surface area contributed by atoms with Crippen molar-refractivity contribution in [3.8, 4) is 0 Å². The van der Waals surface area contributed by atoms with Crippen LogP contribution in [0.25, 0.3) is 6.08 Å². The van der Waals surface area contributed by atoms with Gasteiger partial charge in [0, 0.05) is 5.41 Å². The highest BCUT2D eigenvalue weighted by Gasteiger charge is 2.24. The van der Waals surface area contributed by atoms with Crippen molar-refractivity contribution >= 4 is 28.0 Å². The van der Waals surface area contributed by atoms with Crippen LogP contribution < -0.4 is 10.5 Å². The summed E-state index contributed by atoms with van der Waals surface area (Å²) in [6, 6.07) is 7.02. The summed E-state index contributed by atoms with van der Waals surface area (Å²) in [5, 5.41) is 9.64. The number of primary amides is 1. The van der Waals surface area contributed by atoms with Gasteiger partial charge < -0.3 is 10.8 Å². The largest absolute Gasteiger partial charge is 0.480 e. The summed E-state index contributed by atoms with van der Waals surface area (Å²) in [7, 11) is -3.99. The number of rotatable bonds is 7. The molecule has 1 rings (SSSR count). The van der Waals surface area contributed by atoms with Gasteiger partial charge in [-0.05, 0) is 11.6 Å². The molecule has 0 aromatic heterocycles.